The van der Waals surface area contributed by atoms with E-state index in [-0.39, 0.29) is 12.8 Å². The molecule has 1 aliphatic rings. The Balaban J connectivity index is 2.63. The van der Waals surface area contributed by atoms with Crippen molar-refractivity contribution in [2.45, 2.75) is 51.2 Å². The van der Waals surface area contributed by atoms with Crippen LogP contribution in [0.4, 0.5) is 0 Å². The smallest absolute Gasteiger partial charge is 0.353 e. The van der Waals surface area contributed by atoms with Crippen LogP contribution in [0.2, 0.25) is 0 Å². The van der Waals surface area contributed by atoms with E-state index in [1.807, 2.05) is 6.92 Å². The first-order valence-electron chi connectivity index (χ1n) is 5.60. The molecule has 0 saturated carbocycles. The van der Waals surface area contributed by atoms with Gasteiger partial charge in [0, 0.05) is 6.42 Å². The number of aliphatic hydroxyl groups excluding tert-OH is 1. The maximum Gasteiger partial charge on any atom is 0.353 e. The van der Waals surface area contributed by atoms with Crippen LogP contribution in [0.3, 0.4) is 0 Å². The van der Waals surface area contributed by atoms with Gasteiger partial charge in [-0.2, -0.15) is 0 Å². The van der Waals surface area contributed by atoms with Gasteiger partial charge in [0.2, 0.25) is 5.60 Å². The fourth-order valence-electron chi connectivity index (χ4n) is 1.63. The van der Waals surface area contributed by atoms with Crippen molar-refractivity contribution in [1.29, 1.82) is 0 Å². The summed E-state index contributed by atoms with van der Waals surface area (Å²) in [5.74, 6) is -1.10. The molecular formula is C11H18O5. The van der Waals surface area contributed by atoms with Crippen molar-refractivity contribution in [2.75, 3.05) is 6.61 Å². The average Bonchev–Trinajstić information content (AvgIpc) is 2.62. The van der Waals surface area contributed by atoms with Crippen LogP contribution in [-0.2, 0) is 19.1 Å². The van der Waals surface area contributed by atoms with Crippen LogP contribution in [0.5, 0.6) is 0 Å². The van der Waals surface area contributed by atoms with Gasteiger partial charge in [-0.1, -0.05) is 13.3 Å². The van der Waals surface area contributed by atoms with Gasteiger partial charge in [-0.25, -0.2) is 4.79 Å². The Morgan fingerprint density at radius 2 is 2.38 bits per heavy atom. The summed E-state index contributed by atoms with van der Waals surface area (Å²) in [7, 11) is 0. The Kier molecular flexibility index (Phi) is 4.29. The Morgan fingerprint density at radius 3 is 2.81 bits per heavy atom. The van der Waals surface area contributed by atoms with Crippen LogP contribution in [0, 0.1) is 0 Å². The molecule has 1 heterocycles. The molecule has 1 fully saturated rings. The van der Waals surface area contributed by atoms with Gasteiger partial charge in [0.25, 0.3) is 0 Å². The largest absolute Gasteiger partial charge is 0.463 e. The second-order valence-electron chi connectivity index (χ2n) is 4.03. The van der Waals surface area contributed by atoms with Crippen molar-refractivity contribution in [3.8, 4) is 0 Å². The summed E-state index contributed by atoms with van der Waals surface area (Å²) in [6.07, 6.45) is 0.958. The minimum atomic E-state index is -1.48. The lowest BCUT2D eigenvalue weighted by atomic mass is 9.94. The summed E-state index contributed by atoms with van der Waals surface area (Å²) in [6.45, 7) is 3.70. The second-order valence-corrected chi connectivity index (χ2v) is 4.03. The van der Waals surface area contributed by atoms with Gasteiger partial charge in [-0.15, -0.1) is 0 Å². The Labute approximate surface area is 94.7 Å². The van der Waals surface area contributed by atoms with E-state index < -0.39 is 23.6 Å². The Hall–Kier alpha value is -1.10. The van der Waals surface area contributed by atoms with E-state index in [1.54, 1.807) is 0 Å². The van der Waals surface area contributed by atoms with Crippen LogP contribution in [0.15, 0.2) is 0 Å². The van der Waals surface area contributed by atoms with Gasteiger partial charge in [-0.05, 0) is 13.3 Å². The Morgan fingerprint density at radius 1 is 1.69 bits per heavy atom. The Bertz CT molecular complexity index is 274. The number of hydrogen-bond acceptors (Lipinski definition) is 5. The predicted octanol–water partition coefficient (Wildman–Crippen LogP) is 0.786. The van der Waals surface area contributed by atoms with Crippen LogP contribution in [-0.4, -0.2) is 35.4 Å². The third-order valence-corrected chi connectivity index (χ3v) is 2.75. The first kappa shape index (κ1) is 13.0. The van der Waals surface area contributed by atoms with Crippen LogP contribution in [0.1, 0.15) is 39.5 Å². The summed E-state index contributed by atoms with van der Waals surface area (Å²) in [6, 6.07) is 0. The molecule has 1 N–H and O–H groups in total. The highest BCUT2D eigenvalue weighted by Crippen LogP contribution is 2.31. The molecule has 0 aromatic carbocycles. The highest BCUT2D eigenvalue weighted by atomic mass is 16.6. The van der Waals surface area contributed by atoms with E-state index >= 15 is 0 Å². The molecule has 1 rings (SSSR count). The molecule has 0 bridgehead atoms. The number of rotatable bonds is 5. The maximum absolute atomic E-state index is 11.8. The average molecular weight is 230 g/mol. The minimum absolute atomic E-state index is 0.147. The lowest BCUT2D eigenvalue weighted by Gasteiger charge is -2.27. The topological polar surface area (TPSA) is 72.8 Å². The van der Waals surface area contributed by atoms with Gasteiger partial charge < -0.3 is 14.6 Å². The van der Waals surface area contributed by atoms with Crippen molar-refractivity contribution >= 4 is 11.9 Å². The third-order valence-electron chi connectivity index (χ3n) is 2.75. The molecule has 2 unspecified atom stereocenters. The summed E-state index contributed by atoms with van der Waals surface area (Å²) in [5, 5.41) is 9.57. The highest BCUT2D eigenvalue weighted by Gasteiger charge is 2.52. The van der Waals surface area contributed by atoms with Crippen LogP contribution >= 0.6 is 0 Å². The molecule has 0 spiro atoms. The standard InChI is InChI=1S/C11H18O5/c1-3-4-7-15-10(14)11(8(2)12)6-5-9(13)16-11/h8,12H,3-7H2,1-2H3. The fraction of sp³-hybridized carbons (Fsp3) is 0.818. The monoisotopic (exact) mass is 230 g/mol. The van der Waals surface area contributed by atoms with Crippen LogP contribution in [0.25, 0.3) is 0 Å². The van der Waals surface area contributed by atoms with Crippen molar-refractivity contribution in [3.63, 3.8) is 0 Å². The summed E-state index contributed by atoms with van der Waals surface area (Å²) in [5.41, 5.74) is -1.48. The molecule has 0 aliphatic carbocycles. The van der Waals surface area contributed by atoms with Gasteiger partial charge in [-0.3, -0.25) is 4.79 Å². The number of ether oxygens (including phenoxy) is 2. The summed E-state index contributed by atoms with van der Waals surface area (Å²) in [4.78, 5) is 22.8. The molecule has 0 aromatic rings. The maximum atomic E-state index is 11.8. The van der Waals surface area contributed by atoms with E-state index in [2.05, 4.69) is 0 Å². The third kappa shape index (κ3) is 2.52. The number of esters is 2. The molecule has 0 aromatic heterocycles. The van der Waals surface area contributed by atoms with Gasteiger partial charge in [0.15, 0.2) is 0 Å². The molecular weight excluding hydrogens is 212 g/mol. The number of carbonyl (C=O) groups is 2. The van der Waals surface area contributed by atoms with Crippen LogP contribution < -0.4 is 0 Å². The molecule has 0 radical (unpaired) electrons. The van der Waals surface area contributed by atoms with Gasteiger partial charge in [0.1, 0.15) is 6.10 Å². The van der Waals surface area contributed by atoms with E-state index in [9.17, 15) is 14.7 Å². The van der Waals surface area contributed by atoms with Crippen molar-refractivity contribution in [3.05, 3.63) is 0 Å². The van der Waals surface area contributed by atoms with Crippen molar-refractivity contribution in [2.24, 2.45) is 0 Å². The lowest BCUT2D eigenvalue weighted by Crippen LogP contribution is -2.49. The molecule has 1 aliphatic heterocycles. The summed E-state index contributed by atoms with van der Waals surface area (Å²) >= 11 is 0. The molecule has 2 atom stereocenters. The van der Waals surface area contributed by atoms with E-state index in [0.29, 0.717) is 6.61 Å². The molecule has 0 amide bonds. The molecule has 92 valence electrons. The van der Waals surface area contributed by atoms with E-state index in [4.69, 9.17) is 9.47 Å². The molecule has 5 heteroatoms. The quantitative estimate of drug-likeness (QED) is 0.558. The number of cyclic esters (lactones) is 1. The second kappa shape index (κ2) is 5.30. The zero-order chi connectivity index (χ0) is 12.2. The summed E-state index contributed by atoms with van der Waals surface area (Å²) < 4.78 is 9.94. The first-order valence-corrected chi connectivity index (χ1v) is 5.60. The van der Waals surface area contributed by atoms with E-state index in [0.717, 1.165) is 12.8 Å². The number of carbonyl (C=O) groups excluding carboxylic acids is 2. The normalized spacial score (nSPS) is 26.3. The van der Waals surface area contributed by atoms with Crippen molar-refractivity contribution in [1.82, 2.24) is 0 Å². The zero-order valence-electron chi connectivity index (χ0n) is 9.69. The SMILES string of the molecule is CCCCOC(=O)C1(C(C)O)CCC(=O)O1. The first-order chi connectivity index (χ1) is 7.53. The van der Waals surface area contributed by atoms with Gasteiger partial charge >= 0.3 is 11.9 Å². The molecule has 5 nitrogen and oxygen atoms in total. The molecule has 1 saturated heterocycles. The fourth-order valence-corrected chi connectivity index (χ4v) is 1.63. The number of unbranched alkanes of at least 4 members (excludes halogenated alkanes) is 1. The zero-order valence-corrected chi connectivity index (χ0v) is 9.69. The van der Waals surface area contributed by atoms with Crippen molar-refractivity contribution < 1.29 is 24.2 Å². The number of aliphatic hydroxyl groups is 1. The molecule has 16 heavy (non-hydrogen) atoms. The highest BCUT2D eigenvalue weighted by molar-refractivity contribution is 5.87. The lowest BCUT2D eigenvalue weighted by molar-refractivity contribution is -0.185. The minimum Gasteiger partial charge on any atom is -0.463 e. The van der Waals surface area contributed by atoms with Gasteiger partial charge in [0.05, 0.1) is 13.0 Å². The number of hydrogen-bond donors (Lipinski definition) is 1. The predicted molar refractivity (Wildman–Crippen MR) is 55.6 cm³/mol. The van der Waals surface area contributed by atoms with E-state index in [1.165, 1.54) is 6.92 Å².